The first-order valence-corrected chi connectivity index (χ1v) is 6.33. The van der Waals surface area contributed by atoms with Gasteiger partial charge in [0.2, 0.25) is 0 Å². The summed E-state index contributed by atoms with van der Waals surface area (Å²) < 4.78 is 13.6. The molecule has 0 heterocycles. The molecule has 1 unspecified atom stereocenters. The molecule has 0 spiro atoms. The highest BCUT2D eigenvalue weighted by atomic mass is 32.1. The number of anilines is 1. The van der Waals surface area contributed by atoms with Gasteiger partial charge in [-0.2, -0.15) is 0 Å². The maximum Gasteiger partial charge on any atom is 0.135 e. The van der Waals surface area contributed by atoms with E-state index in [0.29, 0.717) is 11.6 Å². The van der Waals surface area contributed by atoms with Crippen molar-refractivity contribution in [2.45, 2.75) is 32.2 Å². The van der Waals surface area contributed by atoms with Crippen LogP contribution in [0.5, 0.6) is 0 Å². The Kier molecular flexibility index (Phi) is 3.62. The Hall–Kier alpha value is -1.16. The van der Waals surface area contributed by atoms with Gasteiger partial charge in [-0.3, -0.25) is 0 Å². The molecule has 3 N–H and O–H groups in total. The van der Waals surface area contributed by atoms with E-state index in [0.717, 1.165) is 18.0 Å². The molecule has 1 aromatic rings. The van der Waals surface area contributed by atoms with Crippen LogP contribution >= 0.6 is 12.2 Å². The lowest BCUT2D eigenvalue weighted by atomic mass is 10.1. The summed E-state index contributed by atoms with van der Waals surface area (Å²) in [6, 6.07) is 5.28. The van der Waals surface area contributed by atoms with E-state index in [1.54, 1.807) is 6.07 Å². The molecule has 1 fully saturated rings. The lowest BCUT2D eigenvalue weighted by Crippen LogP contribution is -2.17. The van der Waals surface area contributed by atoms with E-state index in [9.17, 15) is 4.39 Å². The summed E-state index contributed by atoms with van der Waals surface area (Å²) in [6.07, 6.45) is 3.82. The number of hydrogen-bond acceptors (Lipinski definition) is 2. The fourth-order valence-corrected chi connectivity index (χ4v) is 2.17. The van der Waals surface area contributed by atoms with E-state index in [1.807, 2.05) is 6.07 Å². The predicted octanol–water partition coefficient (Wildman–Crippen LogP) is 3.06. The van der Waals surface area contributed by atoms with E-state index in [-0.39, 0.29) is 10.8 Å². The van der Waals surface area contributed by atoms with Crippen LogP contribution in [0.3, 0.4) is 0 Å². The third kappa shape index (κ3) is 3.40. The molecule has 1 aliphatic carbocycles. The normalized spacial score (nSPS) is 16.6. The van der Waals surface area contributed by atoms with E-state index in [1.165, 1.54) is 18.9 Å². The van der Waals surface area contributed by atoms with Gasteiger partial charge in [0.15, 0.2) is 0 Å². The SMILES string of the molecule is CC(CC1CC1)Nc1ccc(C(N)=S)c(F)c1. The van der Waals surface area contributed by atoms with Crippen molar-refractivity contribution in [2.75, 3.05) is 5.32 Å². The summed E-state index contributed by atoms with van der Waals surface area (Å²) in [5, 5.41) is 3.30. The number of hydrogen-bond donors (Lipinski definition) is 2. The topological polar surface area (TPSA) is 38.0 Å². The Labute approximate surface area is 106 Å². The lowest BCUT2D eigenvalue weighted by Gasteiger charge is -2.15. The van der Waals surface area contributed by atoms with Crippen molar-refractivity contribution in [3.05, 3.63) is 29.6 Å². The molecular weight excluding hydrogens is 235 g/mol. The molecule has 0 aliphatic heterocycles. The quantitative estimate of drug-likeness (QED) is 0.791. The molecule has 0 bridgehead atoms. The van der Waals surface area contributed by atoms with Crippen molar-refractivity contribution in [2.24, 2.45) is 11.7 Å². The zero-order valence-corrected chi connectivity index (χ0v) is 10.7. The number of nitrogens with two attached hydrogens (primary N) is 1. The third-order valence-corrected chi connectivity index (χ3v) is 3.25. The van der Waals surface area contributed by atoms with Gasteiger partial charge in [0, 0.05) is 17.3 Å². The van der Waals surface area contributed by atoms with Crippen molar-refractivity contribution < 1.29 is 4.39 Å². The van der Waals surface area contributed by atoms with Gasteiger partial charge in [-0.05, 0) is 37.5 Å². The van der Waals surface area contributed by atoms with E-state index < -0.39 is 0 Å². The van der Waals surface area contributed by atoms with Gasteiger partial charge in [0.05, 0.1) is 0 Å². The summed E-state index contributed by atoms with van der Waals surface area (Å²) in [5.41, 5.74) is 6.50. The third-order valence-electron chi connectivity index (χ3n) is 3.03. The number of halogens is 1. The number of benzene rings is 1. The number of rotatable bonds is 5. The Morgan fingerprint density at radius 1 is 1.59 bits per heavy atom. The van der Waals surface area contributed by atoms with Gasteiger partial charge in [-0.1, -0.05) is 25.1 Å². The van der Waals surface area contributed by atoms with Crippen molar-refractivity contribution in [3.8, 4) is 0 Å². The summed E-state index contributed by atoms with van der Waals surface area (Å²) in [7, 11) is 0. The van der Waals surface area contributed by atoms with Crippen LogP contribution in [0.25, 0.3) is 0 Å². The van der Waals surface area contributed by atoms with E-state index in [4.69, 9.17) is 18.0 Å². The van der Waals surface area contributed by atoms with Crippen molar-refractivity contribution >= 4 is 22.9 Å². The van der Waals surface area contributed by atoms with Gasteiger partial charge >= 0.3 is 0 Å². The molecule has 17 heavy (non-hydrogen) atoms. The minimum Gasteiger partial charge on any atom is -0.389 e. The summed E-state index contributed by atoms with van der Waals surface area (Å²) >= 11 is 4.76. The Bertz CT molecular complexity index is 429. The fourth-order valence-electron chi connectivity index (χ4n) is 2.00. The highest BCUT2D eigenvalue weighted by molar-refractivity contribution is 7.80. The van der Waals surface area contributed by atoms with E-state index in [2.05, 4.69) is 12.2 Å². The minimum atomic E-state index is -0.360. The summed E-state index contributed by atoms with van der Waals surface area (Å²) in [6.45, 7) is 2.12. The lowest BCUT2D eigenvalue weighted by molar-refractivity contribution is 0.621. The smallest absolute Gasteiger partial charge is 0.135 e. The zero-order chi connectivity index (χ0) is 12.4. The van der Waals surface area contributed by atoms with Crippen molar-refractivity contribution in [1.82, 2.24) is 0 Å². The van der Waals surface area contributed by atoms with Crippen LogP contribution in [0.1, 0.15) is 31.7 Å². The molecule has 0 amide bonds. The van der Waals surface area contributed by atoms with Crippen LogP contribution < -0.4 is 11.1 Å². The first kappa shape index (κ1) is 12.3. The van der Waals surface area contributed by atoms with Gasteiger partial charge < -0.3 is 11.1 Å². The van der Waals surface area contributed by atoms with E-state index >= 15 is 0 Å². The molecule has 2 rings (SSSR count). The largest absolute Gasteiger partial charge is 0.389 e. The van der Waals surface area contributed by atoms with Crippen molar-refractivity contribution in [3.63, 3.8) is 0 Å². The first-order valence-electron chi connectivity index (χ1n) is 5.92. The highest BCUT2D eigenvalue weighted by Gasteiger charge is 2.23. The second kappa shape index (κ2) is 5.00. The molecule has 1 saturated carbocycles. The Balaban J connectivity index is 2.00. The molecule has 0 aromatic heterocycles. The van der Waals surface area contributed by atoms with Crippen LogP contribution in [0, 0.1) is 11.7 Å². The molecule has 2 nitrogen and oxygen atoms in total. The van der Waals surface area contributed by atoms with Gasteiger partial charge in [-0.15, -0.1) is 0 Å². The zero-order valence-electron chi connectivity index (χ0n) is 9.87. The second-order valence-electron chi connectivity index (χ2n) is 4.78. The van der Waals surface area contributed by atoms with Crippen LogP contribution in [0.4, 0.5) is 10.1 Å². The fraction of sp³-hybridized carbons (Fsp3) is 0.462. The predicted molar refractivity (Wildman–Crippen MR) is 72.7 cm³/mol. The number of nitrogens with one attached hydrogen (secondary N) is 1. The molecule has 1 atom stereocenters. The summed E-state index contributed by atoms with van der Waals surface area (Å²) in [5.74, 6) is 0.499. The molecule has 1 aromatic carbocycles. The standard InChI is InChI=1S/C13H17FN2S/c1-8(6-9-2-3-9)16-10-4-5-11(13(15)17)12(14)7-10/h4-5,7-9,16H,2-3,6H2,1H3,(H2,15,17). The number of thiocarbonyl (C=S) groups is 1. The monoisotopic (exact) mass is 252 g/mol. The highest BCUT2D eigenvalue weighted by Crippen LogP contribution is 2.34. The van der Waals surface area contributed by atoms with Crippen LogP contribution in [0.2, 0.25) is 0 Å². The first-order chi connectivity index (χ1) is 8.06. The van der Waals surface area contributed by atoms with Crippen molar-refractivity contribution in [1.29, 1.82) is 0 Å². The second-order valence-corrected chi connectivity index (χ2v) is 5.22. The average Bonchev–Trinajstić information content (AvgIpc) is 3.00. The Morgan fingerprint density at radius 3 is 2.82 bits per heavy atom. The molecule has 92 valence electrons. The van der Waals surface area contributed by atoms with Crippen LogP contribution in [-0.4, -0.2) is 11.0 Å². The molecule has 0 saturated heterocycles. The van der Waals surface area contributed by atoms with Gasteiger partial charge in [0.1, 0.15) is 10.8 Å². The van der Waals surface area contributed by atoms with Crippen LogP contribution in [-0.2, 0) is 0 Å². The molecule has 1 aliphatic rings. The Morgan fingerprint density at radius 2 is 2.29 bits per heavy atom. The maximum absolute atomic E-state index is 13.6. The minimum absolute atomic E-state index is 0.0973. The molecule has 0 radical (unpaired) electrons. The maximum atomic E-state index is 13.6. The van der Waals surface area contributed by atoms with Gasteiger partial charge in [0.25, 0.3) is 0 Å². The average molecular weight is 252 g/mol. The molecule has 4 heteroatoms. The summed E-state index contributed by atoms with van der Waals surface area (Å²) in [4.78, 5) is 0.0973. The van der Waals surface area contributed by atoms with Crippen LogP contribution in [0.15, 0.2) is 18.2 Å². The molecular formula is C13H17FN2S. The van der Waals surface area contributed by atoms with Gasteiger partial charge in [-0.25, -0.2) is 4.39 Å².